The first-order chi connectivity index (χ1) is 12.4. The summed E-state index contributed by atoms with van der Waals surface area (Å²) >= 11 is 0. The van der Waals surface area contributed by atoms with Gasteiger partial charge < -0.3 is 0 Å². The fraction of sp³-hybridized carbons (Fsp3) is 0.850. The lowest BCUT2D eigenvalue weighted by atomic mass is 9.47. The number of nitrogens with zero attached hydrogens (tertiary/aromatic N) is 2. The van der Waals surface area contributed by atoms with Crippen molar-refractivity contribution in [3.63, 3.8) is 0 Å². The summed E-state index contributed by atoms with van der Waals surface area (Å²) in [7, 11) is -3.53. The maximum Gasteiger partial charge on any atom is 0.244 e. The van der Waals surface area contributed by atoms with Crippen LogP contribution in [0.5, 0.6) is 0 Å². The molecule has 1 unspecified atom stereocenters. The average Bonchev–Trinajstić information content (AvgIpc) is 2.94. The Morgan fingerprint density at radius 2 is 1.77 bits per heavy atom. The fourth-order valence-corrected chi connectivity index (χ4v) is 8.20. The maximum absolute atomic E-state index is 13.2. The van der Waals surface area contributed by atoms with Crippen LogP contribution in [0.4, 0.5) is 0 Å². The molecular formula is C20H33N3O2S. The van der Waals surface area contributed by atoms with Crippen molar-refractivity contribution in [2.45, 2.75) is 89.6 Å². The molecule has 4 aliphatic rings. The summed E-state index contributed by atoms with van der Waals surface area (Å²) in [6.07, 6.45) is 11.3. The highest BCUT2D eigenvalue weighted by atomic mass is 32.2. The van der Waals surface area contributed by atoms with Crippen LogP contribution in [0.3, 0.4) is 0 Å². The second-order valence-electron chi connectivity index (χ2n) is 9.15. The van der Waals surface area contributed by atoms with E-state index >= 15 is 0 Å². The third kappa shape index (κ3) is 3.03. The molecule has 4 bridgehead atoms. The highest BCUT2D eigenvalue weighted by molar-refractivity contribution is 7.89. The molecular weight excluding hydrogens is 346 g/mol. The topological polar surface area (TPSA) is 64.0 Å². The largest absolute Gasteiger partial charge is 0.269 e. The minimum Gasteiger partial charge on any atom is -0.269 e. The van der Waals surface area contributed by atoms with Crippen LogP contribution >= 0.6 is 0 Å². The van der Waals surface area contributed by atoms with Crippen molar-refractivity contribution < 1.29 is 8.42 Å². The van der Waals surface area contributed by atoms with E-state index < -0.39 is 10.0 Å². The van der Waals surface area contributed by atoms with E-state index in [4.69, 9.17) is 0 Å². The second kappa shape index (κ2) is 6.62. The van der Waals surface area contributed by atoms with Crippen molar-refractivity contribution in [3.05, 3.63) is 11.9 Å². The predicted molar refractivity (Wildman–Crippen MR) is 102 cm³/mol. The summed E-state index contributed by atoms with van der Waals surface area (Å²) in [5, 5.41) is 4.24. The first-order valence-electron chi connectivity index (χ1n) is 10.4. The van der Waals surface area contributed by atoms with E-state index in [2.05, 4.69) is 16.7 Å². The smallest absolute Gasteiger partial charge is 0.244 e. The Balaban J connectivity index is 1.62. The zero-order valence-corrected chi connectivity index (χ0v) is 17.2. The van der Waals surface area contributed by atoms with E-state index in [0.717, 1.165) is 36.3 Å². The van der Waals surface area contributed by atoms with E-state index in [1.807, 2.05) is 13.8 Å². The molecule has 4 saturated carbocycles. The van der Waals surface area contributed by atoms with E-state index in [-0.39, 0.29) is 11.5 Å². The molecule has 1 atom stereocenters. The van der Waals surface area contributed by atoms with Gasteiger partial charge in [0.25, 0.3) is 0 Å². The van der Waals surface area contributed by atoms with Crippen LogP contribution in [0.2, 0.25) is 0 Å². The molecule has 0 amide bonds. The van der Waals surface area contributed by atoms with Crippen LogP contribution in [0.15, 0.2) is 11.1 Å². The van der Waals surface area contributed by atoms with Gasteiger partial charge in [-0.1, -0.05) is 13.3 Å². The Hall–Kier alpha value is -0.880. The summed E-state index contributed by atoms with van der Waals surface area (Å²) in [5.41, 5.74) is 0.924. The zero-order valence-electron chi connectivity index (χ0n) is 16.4. The molecule has 4 fully saturated rings. The van der Waals surface area contributed by atoms with Gasteiger partial charge in [0.1, 0.15) is 4.90 Å². The number of hydrogen-bond acceptors (Lipinski definition) is 3. The van der Waals surface area contributed by atoms with Crippen molar-refractivity contribution in [2.75, 3.05) is 0 Å². The summed E-state index contributed by atoms with van der Waals surface area (Å²) < 4.78 is 31.3. The molecule has 0 aliphatic heterocycles. The highest BCUT2D eigenvalue weighted by Crippen LogP contribution is 2.61. The van der Waals surface area contributed by atoms with Crippen molar-refractivity contribution in [1.29, 1.82) is 0 Å². The third-order valence-electron chi connectivity index (χ3n) is 7.35. The number of hydrogen-bond donors (Lipinski definition) is 1. The number of sulfonamides is 1. The van der Waals surface area contributed by atoms with Crippen LogP contribution in [0.1, 0.15) is 70.9 Å². The van der Waals surface area contributed by atoms with Gasteiger partial charge in [-0.3, -0.25) is 4.68 Å². The Labute approximate surface area is 158 Å². The van der Waals surface area contributed by atoms with E-state index in [9.17, 15) is 8.42 Å². The first-order valence-corrected chi connectivity index (χ1v) is 11.9. The molecule has 1 heterocycles. The Bertz CT molecular complexity index is 733. The number of nitrogens with one attached hydrogen (secondary N) is 1. The Kier molecular flexibility index (Phi) is 4.71. The monoisotopic (exact) mass is 379 g/mol. The SMILES string of the molecule is CCCC(NS(=O)(=O)c1cnn(CC)c1C)C12CC3CC(CC(C3)C1)C2. The highest BCUT2D eigenvalue weighted by Gasteiger charge is 2.54. The van der Waals surface area contributed by atoms with Gasteiger partial charge in [-0.05, 0) is 82.0 Å². The molecule has 4 aliphatic carbocycles. The lowest BCUT2D eigenvalue weighted by Crippen LogP contribution is -2.56. The van der Waals surface area contributed by atoms with Gasteiger partial charge in [0.15, 0.2) is 0 Å². The van der Waals surface area contributed by atoms with Crippen molar-refractivity contribution in [1.82, 2.24) is 14.5 Å². The van der Waals surface area contributed by atoms with Crippen molar-refractivity contribution in [3.8, 4) is 0 Å². The molecule has 0 radical (unpaired) electrons. The minimum absolute atomic E-state index is 0.0651. The molecule has 0 aromatic carbocycles. The van der Waals surface area contributed by atoms with Crippen LogP contribution in [-0.2, 0) is 16.6 Å². The third-order valence-corrected chi connectivity index (χ3v) is 8.92. The standard InChI is InChI=1S/C20H33N3O2S/c1-4-6-19(20-10-15-7-16(11-20)9-17(8-15)12-20)22-26(24,25)18-13-21-23(5-2)14(18)3/h13,15-17,19,22H,4-12H2,1-3H3. The molecule has 146 valence electrons. The van der Waals surface area contributed by atoms with Gasteiger partial charge in [0.2, 0.25) is 10.0 Å². The van der Waals surface area contributed by atoms with Crippen molar-refractivity contribution >= 4 is 10.0 Å². The molecule has 5 rings (SSSR count). The van der Waals surface area contributed by atoms with Crippen molar-refractivity contribution in [2.24, 2.45) is 23.2 Å². The van der Waals surface area contributed by atoms with E-state index in [1.54, 1.807) is 4.68 Å². The van der Waals surface area contributed by atoms with Gasteiger partial charge in [0, 0.05) is 12.6 Å². The van der Waals surface area contributed by atoms with Gasteiger partial charge in [0.05, 0.1) is 11.9 Å². The van der Waals surface area contributed by atoms with Gasteiger partial charge in [-0.15, -0.1) is 0 Å². The second-order valence-corrected chi connectivity index (χ2v) is 10.8. The maximum atomic E-state index is 13.2. The fourth-order valence-electron chi connectivity index (χ4n) is 6.65. The first kappa shape index (κ1) is 18.5. The molecule has 1 N–H and O–H groups in total. The van der Waals surface area contributed by atoms with E-state index in [0.29, 0.717) is 11.4 Å². The molecule has 1 aromatic heterocycles. The summed E-state index contributed by atoms with van der Waals surface area (Å²) in [4.78, 5) is 0.352. The quantitative estimate of drug-likeness (QED) is 0.782. The molecule has 5 nitrogen and oxygen atoms in total. The summed E-state index contributed by atoms with van der Waals surface area (Å²) in [6, 6.07) is 0.0651. The summed E-state index contributed by atoms with van der Waals surface area (Å²) in [5.74, 6) is 2.49. The average molecular weight is 380 g/mol. The summed E-state index contributed by atoms with van der Waals surface area (Å²) in [6.45, 7) is 6.70. The molecule has 26 heavy (non-hydrogen) atoms. The molecule has 0 saturated heterocycles. The van der Waals surface area contributed by atoms with Crippen LogP contribution in [0, 0.1) is 30.1 Å². The van der Waals surface area contributed by atoms with Crippen LogP contribution in [-0.4, -0.2) is 24.2 Å². The van der Waals surface area contributed by atoms with Gasteiger partial charge in [-0.25, -0.2) is 13.1 Å². The van der Waals surface area contributed by atoms with E-state index in [1.165, 1.54) is 44.7 Å². The molecule has 0 spiro atoms. The number of rotatable bonds is 7. The molecule has 6 heteroatoms. The van der Waals surface area contributed by atoms with Crippen LogP contribution in [0.25, 0.3) is 0 Å². The zero-order chi connectivity index (χ0) is 18.5. The lowest BCUT2D eigenvalue weighted by Gasteiger charge is -2.59. The Morgan fingerprint density at radius 3 is 2.23 bits per heavy atom. The normalized spacial score (nSPS) is 34.3. The lowest BCUT2D eigenvalue weighted by molar-refractivity contribution is -0.0712. The Morgan fingerprint density at radius 1 is 1.19 bits per heavy atom. The minimum atomic E-state index is -3.53. The number of aromatic nitrogens is 2. The van der Waals surface area contributed by atoms with Crippen LogP contribution < -0.4 is 4.72 Å². The van der Waals surface area contributed by atoms with Gasteiger partial charge in [-0.2, -0.15) is 5.10 Å². The van der Waals surface area contributed by atoms with Gasteiger partial charge >= 0.3 is 0 Å². The number of aryl methyl sites for hydroxylation is 1. The molecule has 1 aromatic rings. The predicted octanol–water partition coefficient (Wildman–Crippen LogP) is 3.87.